The summed E-state index contributed by atoms with van der Waals surface area (Å²) in [4.78, 5) is 25.0. The zero-order valence-electron chi connectivity index (χ0n) is 13.8. The van der Waals surface area contributed by atoms with Crippen molar-refractivity contribution in [2.45, 2.75) is 27.2 Å². The topological polar surface area (TPSA) is 85.6 Å². The number of anilines is 1. The van der Waals surface area contributed by atoms with Crippen LogP contribution in [0.15, 0.2) is 36.9 Å². The molecule has 0 spiro atoms. The van der Waals surface area contributed by atoms with E-state index in [-0.39, 0.29) is 5.91 Å². The first-order valence-corrected chi connectivity index (χ1v) is 7.68. The Hall–Kier alpha value is -3.09. The molecule has 1 aromatic carbocycles. The molecular formula is C17H18N6O. The first kappa shape index (κ1) is 15.8. The molecule has 24 heavy (non-hydrogen) atoms. The number of hydrogen-bond acceptors (Lipinski definition) is 5. The fourth-order valence-electron chi connectivity index (χ4n) is 2.45. The van der Waals surface area contributed by atoms with Crippen molar-refractivity contribution in [3.63, 3.8) is 0 Å². The Morgan fingerprint density at radius 3 is 2.71 bits per heavy atom. The van der Waals surface area contributed by atoms with Crippen LogP contribution < -0.4 is 5.32 Å². The second-order valence-corrected chi connectivity index (χ2v) is 5.44. The monoisotopic (exact) mass is 322 g/mol. The van der Waals surface area contributed by atoms with Crippen LogP contribution in [-0.2, 0) is 6.42 Å². The average Bonchev–Trinajstić information content (AvgIpc) is 3.08. The molecule has 1 amide bonds. The molecular weight excluding hydrogens is 304 g/mol. The summed E-state index contributed by atoms with van der Waals surface area (Å²) in [6.45, 7) is 5.75. The summed E-state index contributed by atoms with van der Waals surface area (Å²) < 4.78 is 1.67. The number of amides is 1. The summed E-state index contributed by atoms with van der Waals surface area (Å²) in [7, 11) is 0. The maximum absolute atomic E-state index is 12.5. The SMILES string of the molecule is CCc1cc(NC(=O)c2ccc(-n3cncn3)c(C)c2)nc(C)n1. The minimum absolute atomic E-state index is 0.205. The Morgan fingerprint density at radius 2 is 2.04 bits per heavy atom. The highest BCUT2D eigenvalue weighted by molar-refractivity contribution is 6.04. The molecule has 3 aromatic rings. The maximum Gasteiger partial charge on any atom is 0.256 e. The van der Waals surface area contributed by atoms with E-state index in [1.807, 2.05) is 32.9 Å². The lowest BCUT2D eigenvalue weighted by molar-refractivity contribution is 0.102. The van der Waals surface area contributed by atoms with Crippen molar-refractivity contribution in [3.05, 3.63) is 59.6 Å². The van der Waals surface area contributed by atoms with Gasteiger partial charge < -0.3 is 5.32 Å². The minimum Gasteiger partial charge on any atom is -0.306 e. The Balaban J connectivity index is 1.83. The van der Waals surface area contributed by atoms with Gasteiger partial charge in [0.05, 0.1) is 5.69 Å². The molecule has 7 nitrogen and oxygen atoms in total. The number of nitrogens with zero attached hydrogens (tertiary/aromatic N) is 5. The van der Waals surface area contributed by atoms with E-state index in [1.165, 1.54) is 6.33 Å². The summed E-state index contributed by atoms with van der Waals surface area (Å²) >= 11 is 0. The number of carbonyl (C=O) groups is 1. The first-order chi connectivity index (χ1) is 11.6. The van der Waals surface area contributed by atoms with Crippen LogP contribution >= 0.6 is 0 Å². The van der Waals surface area contributed by atoms with Gasteiger partial charge in [0.15, 0.2) is 0 Å². The number of aryl methyl sites for hydroxylation is 3. The summed E-state index contributed by atoms with van der Waals surface area (Å²) in [6, 6.07) is 7.22. The standard InChI is InChI=1S/C17H18N6O/c1-4-14-8-16(21-12(3)20-14)22-17(24)13-5-6-15(11(2)7-13)23-10-18-9-19-23/h5-10H,4H2,1-3H3,(H,20,21,22,24). The van der Waals surface area contributed by atoms with E-state index in [4.69, 9.17) is 0 Å². The van der Waals surface area contributed by atoms with Crippen molar-refractivity contribution in [1.29, 1.82) is 0 Å². The van der Waals surface area contributed by atoms with Crippen molar-refractivity contribution in [2.75, 3.05) is 5.32 Å². The van der Waals surface area contributed by atoms with Crippen LogP contribution in [0.2, 0.25) is 0 Å². The molecule has 0 aliphatic rings. The van der Waals surface area contributed by atoms with Crippen LogP contribution in [0.3, 0.4) is 0 Å². The second kappa shape index (κ2) is 6.57. The van der Waals surface area contributed by atoms with Crippen LogP contribution in [0.4, 0.5) is 5.82 Å². The minimum atomic E-state index is -0.205. The van der Waals surface area contributed by atoms with E-state index in [1.54, 1.807) is 23.1 Å². The van der Waals surface area contributed by atoms with Gasteiger partial charge in [0.2, 0.25) is 0 Å². The summed E-state index contributed by atoms with van der Waals surface area (Å²) in [5.74, 6) is 0.952. The van der Waals surface area contributed by atoms with Gasteiger partial charge in [0.1, 0.15) is 24.3 Å². The Kier molecular flexibility index (Phi) is 4.33. The Labute approximate surface area is 139 Å². The van der Waals surface area contributed by atoms with Gasteiger partial charge in [0, 0.05) is 17.3 Å². The van der Waals surface area contributed by atoms with Crippen molar-refractivity contribution in [2.24, 2.45) is 0 Å². The molecule has 0 aliphatic carbocycles. The van der Waals surface area contributed by atoms with Gasteiger partial charge >= 0.3 is 0 Å². The van der Waals surface area contributed by atoms with Gasteiger partial charge in [-0.05, 0) is 44.0 Å². The highest BCUT2D eigenvalue weighted by Crippen LogP contribution is 2.16. The Morgan fingerprint density at radius 1 is 1.21 bits per heavy atom. The summed E-state index contributed by atoms with van der Waals surface area (Å²) in [5, 5.41) is 6.94. The first-order valence-electron chi connectivity index (χ1n) is 7.68. The van der Waals surface area contributed by atoms with Crippen LogP contribution in [0.25, 0.3) is 5.69 Å². The molecule has 0 unspecified atom stereocenters. The molecule has 0 radical (unpaired) electrons. The normalized spacial score (nSPS) is 10.6. The fraction of sp³-hybridized carbons (Fsp3) is 0.235. The molecule has 0 bridgehead atoms. The highest BCUT2D eigenvalue weighted by atomic mass is 16.1. The van der Waals surface area contributed by atoms with Crippen LogP contribution in [-0.4, -0.2) is 30.6 Å². The number of nitrogens with one attached hydrogen (secondary N) is 1. The van der Waals surface area contributed by atoms with E-state index in [0.29, 0.717) is 17.2 Å². The third-order valence-corrected chi connectivity index (χ3v) is 3.62. The van der Waals surface area contributed by atoms with Gasteiger partial charge in [-0.2, -0.15) is 5.10 Å². The zero-order valence-corrected chi connectivity index (χ0v) is 13.8. The van der Waals surface area contributed by atoms with Crippen molar-refractivity contribution in [1.82, 2.24) is 24.7 Å². The van der Waals surface area contributed by atoms with Gasteiger partial charge in [-0.15, -0.1) is 0 Å². The molecule has 0 saturated heterocycles. The molecule has 0 saturated carbocycles. The number of benzene rings is 1. The molecule has 2 heterocycles. The predicted molar refractivity (Wildman–Crippen MR) is 90.2 cm³/mol. The molecule has 3 rings (SSSR count). The van der Waals surface area contributed by atoms with E-state index in [9.17, 15) is 4.79 Å². The van der Waals surface area contributed by atoms with E-state index >= 15 is 0 Å². The summed E-state index contributed by atoms with van der Waals surface area (Å²) in [5.41, 5.74) is 3.28. The van der Waals surface area contributed by atoms with E-state index in [0.717, 1.165) is 23.4 Å². The molecule has 1 N–H and O–H groups in total. The predicted octanol–water partition coefficient (Wildman–Crippen LogP) is 2.49. The van der Waals surface area contributed by atoms with Crippen molar-refractivity contribution < 1.29 is 4.79 Å². The van der Waals surface area contributed by atoms with Crippen LogP contribution in [0.5, 0.6) is 0 Å². The number of hydrogen-bond donors (Lipinski definition) is 1. The molecule has 122 valence electrons. The Bertz CT molecular complexity index is 873. The van der Waals surface area contributed by atoms with Crippen LogP contribution in [0, 0.1) is 13.8 Å². The number of carbonyl (C=O) groups excluding carboxylic acids is 1. The number of aromatic nitrogens is 5. The molecule has 0 aliphatic heterocycles. The molecule has 7 heteroatoms. The molecule has 2 aromatic heterocycles. The largest absolute Gasteiger partial charge is 0.306 e. The van der Waals surface area contributed by atoms with E-state index in [2.05, 4.69) is 25.4 Å². The van der Waals surface area contributed by atoms with Gasteiger partial charge in [-0.1, -0.05) is 6.92 Å². The lowest BCUT2D eigenvalue weighted by Gasteiger charge is -2.09. The quantitative estimate of drug-likeness (QED) is 0.797. The zero-order chi connectivity index (χ0) is 17.1. The number of rotatable bonds is 4. The van der Waals surface area contributed by atoms with E-state index < -0.39 is 0 Å². The highest BCUT2D eigenvalue weighted by Gasteiger charge is 2.11. The lowest BCUT2D eigenvalue weighted by atomic mass is 10.1. The van der Waals surface area contributed by atoms with Crippen LogP contribution in [0.1, 0.15) is 34.4 Å². The van der Waals surface area contributed by atoms with Crippen molar-refractivity contribution in [3.8, 4) is 5.69 Å². The van der Waals surface area contributed by atoms with Gasteiger partial charge in [0.25, 0.3) is 5.91 Å². The third kappa shape index (κ3) is 3.29. The average molecular weight is 322 g/mol. The van der Waals surface area contributed by atoms with Gasteiger partial charge in [-0.25, -0.2) is 19.6 Å². The summed E-state index contributed by atoms with van der Waals surface area (Å²) in [6.07, 6.45) is 3.89. The second-order valence-electron chi connectivity index (χ2n) is 5.44. The lowest BCUT2D eigenvalue weighted by Crippen LogP contribution is -2.14. The maximum atomic E-state index is 12.5. The van der Waals surface area contributed by atoms with Gasteiger partial charge in [-0.3, -0.25) is 4.79 Å². The third-order valence-electron chi connectivity index (χ3n) is 3.62. The van der Waals surface area contributed by atoms with Crippen molar-refractivity contribution >= 4 is 11.7 Å². The fourth-order valence-corrected chi connectivity index (χ4v) is 2.45. The molecule has 0 atom stereocenters. The molecule has 0 fully saturated rings. The smallest absolute Gasteiger partial charge is 0.256 e.